The van der Waals surface area contributed by atoms with Gasteiger partial charge in [-0.1, -0.05) is 20.8 Å². The second-order valence-electron chi connectivity index (χ2n) is 4.11. The lowest BCUT2D eigenvalue weighted by Crippen LogP contribution is -2.22. The summed E-state index contributed by atoms with van der Waals surface area (Å²) < 4.78 is 10.7. The van der Waals surface area contributed by atoms with Crippen LogP contribution in [-0.2, 0) is 4.74 Å². The average molecular weight is 279 g/mol. The summed E-state index contributed by atoms with van der Waals surface area (Å²) in [5, 5.41) is 0. The van der Waals surface area contributed by atoms with Crippen LogP contribution in [0.5, 0.6) is 0 Å². The van der Waals surface area contributed by atoms with Gasteiger partial charge in [-0.05, 0) is 39.8 Å². The molecule has 1 unspecified atom stereocenters. The minimum Gasteiger partial charge on any atom is -0.370 e. The quantitative estimate of drug-likeness (QED) is 0.850. The first-order chi connectivity index (χ1) is 6.45. The molecule has 0 spiro atoms. The van der Waals surface area contributed by atoms with Gasteiger partial charge in [-0.3, -0.25) is 0 Å². The first kappa shape index (κ1) is 12.1. The molecule has 1 rings (SSSR count). The molecule has 0 N–H and O–H groups in total. The standard InChI is InChI=1S/C9H15BrN2OS/c1-5-13-6(9(2,3)4)7-11-8(10)14-12-7/h6H,5H2,1-4H3. The zero-order chi connectivity index (χ0) is 10.8. The molecule has 1 aromatic rings. The van der Waals surface area contributed by atoms with E-state index in [-0.39, 0.29) is 11.5 Å². The van der Waals surface area contributed by atoms with Gasteiger partial charge < -0.3 is 4.74 Å². The summed E-state index contributed by atoms with van der Waals surface area (Å²) in [6.07, 6.45) is -0.0324. The van der Waals surface area contributed by atoms with Crippen LogP contribution in [-0.4, -0.2) is 16.0 Å². The molecule has 0 aliphatic rings. The van der Waals surface area contributed by atoms with Crippen LogP contribution in [0.1, 0.15) is 39.6 Å². The van der Waals surface area contributed by atoms with E-state index < -0.39 is 0 Å². The van der Waals surface area contributed by atoms with Gasteiger partial charge in [-0.25, -0.2) is 4.98 Å². The van der Waals surface area contributed by atoms with Gasteiger partial charge in [0.25, 0.3) is 0 Å². The van der Waals surface area contributed by atoms with Gasteiger partial charge in [-0.15, -0.1) is 0 Å². The predicted molar refractivity (Wildman–Crippen MR) is 61.4 cm³/mol. The molecule has 14 heavy (non-hydrogen) atoms. The summed E-state index contributed by atoms with van der Waals surface area (Å²) in [4.78, 5) is 4.30. The van der Waals surface area contributed by atoms with E-state index in [1.165, 1.54) is 11.5 Å². The summed E-state index contributed by atoms with van der Waals surface area (Å²) in [6.45, 7) is 9.05. The Bertz CT molecular complexity index is 295. The summed E-state index contributed by atoms with van der Waals surface area (Å²) >= 11 is 4.66. The van der Waals surface area contributed by atoms with E-state index in [1.54, 1.807) is 0 Å². The highest BCUT2D eigenvalue weighted by Gasteiger charge is 2.30. The van der Waals surface area contributed by atoms with Gasteiger partial charge >= 0.3 is 0 Å². The number of halogens is 1. The number of hydrogen-bond donors (Lipinski definition) is 0. The lowest BCUT2D eigenvalue weighted by Gasteiger charge is -2.27. The Hall–Kier alpha value is -0.0000000000000000555. The highest BCUT2D eigenvalue weighted by Crippen LogP contribution is 2.35. The molecule has 0 amide bonds. The van der Waals surface area contributed by atoms with E-state index in [0.29, 0.717) is 6.61 Å². The second kappa shape index (κ2) is 4.68. The first-order valence-corrected chi connectivity index (χ1v) is 6.12. The fourth-order valence-corrected chi connectivity index (χ4v) is 2.04. The minimum atomic E-state index is -0.0324. The molecule has 1 atom stereocenters. The molecular formula is C9H15BrN2OS. The third-order valence-corrected chi connectivity index (χ3v) is 2.90. The van der Waals surface area contributed by atoms with Crippen molar-refractivity contribution in [3.63, 3.8) is 0 Å². The smallest absolute Gasteiger partial charge is 0.179 e. The molecule has 0 saturated carbocycles. The number of aromatic nitrogens is 2. The average Bonchev–Trinajstić information content (AvgIpc) is 2.45. The molecule has 0 saturated heterocycles. The number of ether oxygens (including phenoxy) is 1. The Labute approximate surface area is 97.2 Å². The lowest BCUT2D eigenvalue weighted by atomic mass is 9.88. The third-order valence-electron chi connectivity index (χ3n) is 1.77. The van der Waals surface area contributed by atoms with E-state index in [0.717, 1.165) is 9.74 Å². The van der Waals surface area contributed by atoms with Crippen LogP contribution < -0.4 is 0 Å². The fraction of sp³-hybridized carbons (Fsp3) is 0.778. The maximum absolute atomic E-state index is 5.67. The van der Waals surface area contributed by atoms with E-state index in [2.05, 4.69) is 46.1 Å². The molecule has 3 nitrogen and oxygen atoms in total. The highest BCUT2D eigenvalue weighted by atomic mass is 79.9. The molecule has 0 aliphatic heterocycles. The molecule has 0 radical (unpaired) electrons. The monoisotopic (exact) mass is 278 g/mol. The molecule has 1 aromatic heterocycles. The van der Waals surface area contributed by atoms with Crippen molar-refractivity contribution in [2.24, 2.45) is 5.41 Å². The topological polar surface area (TPSA) is 35.0 Å². The van der Waals surface area contributed by atoms with Gasteiger partial charge in [0.1, 0.15) is 6.10 Å². The van der Waals surface area contributed by atoms with Crippen molar-refractivity contribution < 1.29 is 4.74 Å². The highest BCUT2D eigenvalue weighted by molar-refractivity contribution is 9.11. The van der Waals surface area contributed by atoms with Crippen LogP contribution in [0.3, 0.4) is 0 Å². The summed E-state index contributed by atoms with van der Waals surface area (Å²) in [5.74, 6) is 0.774. The normalized spacial score (nSPS) is 14.4. The van der Waals surface area contributed by atoms with Crippen molar-refractivity contribution in [1.82, 2.24) is 9.36 Å². The first-order valence-electron chi connectivity index (χ1n) is 4.56. The Morgan fingerprint density at radius 1 is 1.50 bits per heavy atom. The van der Waals surface area contributed by atoms with Crippen molar-refractivity contribution in [2.45, 2.75) is 33.8 Å². The van der Waals surface area contributed by atoms with Gasteiger partial charge in [0.15, 0.2) is 9.74 Å². The summed E-state index contributed by atoms with van der Waals surface area (Å²) in [5.41, 5.74) is 0.0243. The molecule has 0 fully saturated rings. The number of nitrogens with zero attached hydrogens (tertiary/aromatic N) is 2. The Morgan fingerprint density at radius 2 is 2.14 bits per heavy atom. The second-order valence-corrected chi connectivity index (χ2v) is 6.13. The van der Waals surface area contributed by atoms with Gasteiger partial charge in [0.2, 0.25) is 0 Å². The van der Waals surface area contributed by atoms with Gasteiger partial charge in [0, 0.05) is 6.61 Å². The summed E-state index contributed by atoms with van der Waals surface area (Å²) in [6, 6.07) is 0. The predicted octanol–water partition coefficient (Wildman–Crippen LogP) is 3.42. The largest absolute Gasteiger partial charge is 0.370 e. The summed E-state index contributed by atoms with van der Waals surface area (Å²) in [7, 11) is 0. The third kappa shape index (κ3) is 3.00. The lowest BCUT2D eigenvalue weighted by molar-refractivity contribution is -0.0184. The van der Waals surface area contributed by atoms with Crippen LogP contribution in [0.15, 0.2) is 3.92 Å². The fourth-order valence-electron chi connectivity index (χ4n) is 1.20. The van der Waals surface area contributed by atoms with Gasteiger partial charge in [-0.2, -0.15) is 4.37 Å². The van der Waals surface area contributed by atoms with Crippen LogP contribution in [0.2, 0.25) is 0 Å². The van der Waals surface area contributed by atoms with Crippen LogP contribution in [0.25, 0.3) is 0 Å². The number of hydrogen-bond acceptors (Lipinski definition) is 4. The molecular weight excluding hydrogens is 264 g/mol. The van der Waals surface area contributed by atoms with Crippen LogP contribution in [0, 0.1) is 5.41 Å². The number of rotatable bonds is 3. The zero-order valence-corrected chi connectivity index (χ0v) is 11.3. The minimum absolute atomic E-state index is 0.0243. The van der Waals surface area contributed by atoms with Crippen LogP contribution in [0.4, 0.5) is 0 Å². The maximum Gasteiger partial charge on any atom is 0.179 e. The van der Waals surface area contributed by atoms with Crippen molar-refractivity contribution >= 4 is 27.5 Å². The van der Waals surface area contributed by atoms with Gasteiger partial charge in [0.05, 0.1) is 0 Å². The Morgan fingerprint density at radius 3 is 2.50 bits per heavy atom. The van der Waals surface area contributed by atoms with Crippen LogP contribution >= 0.6 is 27.5 Å². The Kier molecular flexibility index (Phi) is 4.04. The van der Waals surface area contributed by atoms with E-state index in [4.69, 9.17) is 4.74 Å². The van der Waals surface area contributed by atoms with E-state index in [9.17, 15) is 0 Å². The molecule has 0 aromatic carbocycles. The zero-order valence-electron chi connectivity index (χ0n) is 8.87. The van der Waals surface area contributed by atoms with E-state index in [1.807, 2.05) is 6.92 Å². The maximum atomic E-state index is 5.67. The van der Waals surface area contributed by atoms with Crippen molar-refractivity contribution in [1.29, 1.82) is 0 Å². The molecule has 0 bridgehead atoms. The molecule has 1 heterocycles. The van der Waals surface area contributed by atoms with E-state index >= 15 is 0 Å². The van der Waals surface area contributed by atoms with Crippen molar-refractivity contribution in [3.8, 4) is 0 Å². The molecule has 0 aliphatic carbocycles. The molecule has 80 valence electrons. The van der Waals surface area contributed by atoms with Crippen molar-refractivity contribution in [3.05, 3.63) is 9.74 Å². The molecule has 5 heteroatoms. The SMILES string of the molecule is CCOC(c1nsc(Br)n1)C(C)(C)C. The Balaban J connectivity index is 2.88. The van der Waals surface area contributed by atoms with Crippen molar-refractivity contribution in [2.75, 3.05) is 6.61 Å².